The summed E-state index contributed by atoms with van der Waals surface area (Å²) >= 11 is 1.38. The third-order valence-electron chi connectivity index (χ3n) is 4.80. The van der Waals surface area contributed by atoms with E-state index >= 15 is 0 Å². The summed E-state index contributed by atoms with van der Waals surface area (Å²) in [6, 6.07) is 12.0. The van der Waals surface area contributed by atoms with Crippen LogP contribution in [-0.4, -0.2) is 38.3 Å². The number of thioether (sulfide) groups is 1. The quantitative estimate of drug-likeness (QED) is 0.675. The number of nitrogens with one attached hydrogen (secondary N) is 2. The molecular formula is C21H24N2O5S2. The molecule has 0 unspecified atom stereocenters. The van der Waals surface area contributed by atoms with Crippen LogP contribution >= 0.6 is 11.8 Å². The van der Waals surface area contributed by atoms with Crippen LogP contribution in [0, 0.1) is 5.92 Å². The van der Waals surface area contributed by atoms with Gasteiger partial charge in [0.05, 0.1) is 28.7 Å². The molecule has 0 spiro atoms. The van der Waals surface area contributed by atoms with Gasteiger partial charge in [0.2, 0.25) is 11.8 Å². The first kappa shape index (κ1) is 22.2. The summed E-state index contributed by atoms with van der Waals surface area (Å²) in [4.78, 5) is 25.2. The average Bonchev–Trinajstić information content (AvgIpc) is 2.72. The van der Waals surface area contributed by atoms with Crippen molar-refractivity contribution in [2.75, 3.05) is 18.2 Å². The number of benzene rings is 2. The maximum Gasteiger partial charge on any atom is 0.237 e. The Bertz CT molecular complexity index is 1070. The third kappa shape index (κ3) is 4.96. The van der Waals surface area contributed by atoms with Crippen LogP contribution in [0.2, 0.25) is 0 Å². The minimum absolute atomic E-state index is 0.0843. The van der Waals surface area contributed by atoms with Gasteiger partial charge in [-0.15, -0.1) is 11.8 Å². The number of amides is 2. The van der Waals surface area contributed by atoms with Crippen LogP contribution in [0.15, 0.2) is 52.3 Å². The number of carbonyl (C=O) groups is 2. The molecule has 3 rings (SSSR count). The Labute approximate surface area is 180 Å². The number of methoxy groups -OCH3 is 1. The van der Waals surface area contributed by atoms with Gasteiger partial charge in [-0.25, -0.2) is 8.42 Å². The number of hydrogen-bond donors (Lipinski definition) is 2. The van der Waals surface area contributed by atoms with Crippen molar-refractivity contribution in [3.8, 4) is 5.75 Å². The second-order valence-electron chi connectivity index (χ2n) is 7.12. The van der Waals surface area contributed by atoms with Gasteiger partial charge in [-0.3, -0.25) is 9.59 Å². The molecular weight excluding hydrogens is 424 g/mol. The highest BCUT2D eigenvalue weighted by atomic mass is 32.2. The van der Waals surface area contributed by atoms with E-state index < -0.39 is 15.8 Å². The predicted molar refractivity (Wildman–Crippen MR) is 116 cm³/mol. The Hall–Kier alpha value is -2.52. The van der Waals surface area contributed by atoms with E-state index in [1.165, 1.54) is 23.9 Å². The number of anilines is 1. The maximum atomic E-state index is 12.8. The molecule has 2 amide bonds. The van der Waals surface area contributed by atoms with Crippen LogP contribution in [0.25, 0.3) is 0 Å². The van der Waals surface area contributed by atoms with E-state index in [0.717, 1.165) is 10.5 Å². The molecule has 0 radical (unpaired) electrons. The Kier molecular flexibility index (Phi) is 6.72. The van der Waals surface area contributed by atoms with Crippen LogP contribution in [0.5, 0.6) is 5.75 Å². The number of para-hydroxylation sites is 1. The third-order valence-corrected chi connectivity index (χ3v) is 7.89. The molecule has 1 aliphatic heterocycles. The SMILES string of the molecule is COc1ccccc1CNC(=O)[C@H](C)CS(=O)(=O)c1ccc2c(c1)NC(=O)[C@@H](C)S2. The molecule has 2 aromatic carbocycles. The van der Waals surface area contributed by atoms with Gasteiger partial charge in [0.25, 0.3) is 0 Å². The van der Waals surface area contributed by atoms with Crippen molar-refractivity contribution in [3.05, 3.63) is 48.0 Å². The highest BCUT2D eigenvalue weighted by Crippen LogP contribution is 2.37. The van der Waals surface area contributed by atoms with Crippen molar-refractivity contribution < 1.29 is 22.7 Å². The summed E-state index contributed by atoms with van der Waals surface area (Å²) < 4.78 is 30.9. The summed E-state index contributed by atoms with van der Waals surface area (Å²) in [5.41, 5.74) is 1.29. The smallest absolute Gasteiger partial charge is 0.237 e. The molecule has 0 saturated carbocycles. The van der Waals surface area contributed by atoms with E-state index in [2.05, 4.69) is 10.6 Å². The summed E-state index contributed by atoms with van der Waals surface area (Å²) in [5, 5.41) is 5.27. The molecule has 1 heterocycles. The van der Waals surface area contributed by atoms with Crippen LogP contribution in [0.3, 0.4) is 0 Å². The lowest BCUT2D eigenvalue weighted by molar-refractivity contribution is -0.124. The van der Waals surface area contributed by atoms with Crippen molar-refractivity contribution in [1.29, 1.82) is 0 Å². The highest BCUT2D eigenvalue weighted by molar-refractivity contribution is 8.01. The monoisotopic (exact) mass is 448 g/mol. The van der Waals surface area contributed by atoms with Crippen LogP contribution in [0.4, 0.5) is 5.69 Å². The summed E-state index contributed by atoms with van der Waals surface area (Å²) in [6.45, 7) is 3.61. The molecule has 0 aromatic heterocycles. The number of sulfone groups is 1. The summed E-state index contributed by atoms with van der Waals surface area (Å²) in [5.74, 6) is -0.946. The molecule has 1 aliphatic rings. The van der Waals surface area contributed by atoms with E-state index in [1.807, 2.05) is 18.2 Å². The normalized spacial score (nSPS) is 16.9. The van der Waals surface area contributed by atoms with Gasteiger partial charge in [-0.1, -0.05) is 25.1 Å². The standard InChI is InChI=1S/C21H24N2O5S2/c1-13(20(24)22-11-15-6-4-5-7-18(15)28-3)12-30(26,27)16-8-9-19-17(10-16)23-21(25)14(2)29-19/h4-10,13-14H,11-12H2,1-3H3,(H,22,24)(H,23,25)/t13-,14-/m1/s1. The van der Waals surface area contributed by atoms with Gasteiger partial charge in [0.15, 0.2) is 9.84 Å². The molecule has 2 N–H and O–H groups in total. The first-order valence-electron chi connectivity index (χ1n) is 9.45. The lowest BCUT2D eigenvalue weighted by Gasteiger charge is -2.22. The number of ether oxygens (including phenoxy) is 1. The molecule has 30 heavy (non-hydrogen) atoms. The first-order valence-corrected chi connectivity index (χ1v) is 12.0. The maximum absolute atomic E-state index is 12.8. The summed E-state index contributed by atoms with van der Waals surface area (Å²) in [6.07, 6.45) is 0. The van der Waals surface area contributed by atoms with Gasteiger partial charge in [-0.2, -0.15) is 0 Å². The van der Waals surface area contributed by atoms with Crippen LogP contribution in [0.1, 0.15) is 19.4 Å². The lowest BCUT2D eigenvalue weighted by atomic mass is 10.1. The zero-order chi connectivity index (χ0) is 21.9. The summed E-state index contributed by atoms with van der Waals surface area (Å²) in [7, 11) is -2.16. The van der Waals surface area contributed by atoms with E-state index in [0.29, 0.717) is 11.4 Å². The fraction of sp³-hybridized carbons (Fsp3) is 0.333. The number of hydrogen-bond acceptors (Lipinski definition) is 6. The Morgan fingerprint density at radius 1 is 1.27 bits per heavy atom. The number of rotatable bonds is 7. The molecule has 7 nitrogen and oxygen atoms in total. The van der Waals surface area contributed by atoms with Crippen molar-refractivity contribution in [1.82, 2.24) is 5.32 Å². The minimum Gasteiger partial charge on any atom is -0.496 e. The van der Waals surface area contributed by atoms with E-state index in [1.54, 1.807) is 33.1 Å². The van der Waals surface area contributed by atoms with Gasteiger partial charge >= 0.3 is 0 Å². The van der Waals surface area contributed by atoms with E-state index in [-0.39, 0.29) is 34.3 Å². The predicted octanol–water partition coefficient (Wildman–Crippen LogP) is 2.85. The number of carbonyl (C=O) groups excluding carboxylic acids is 2. The Balaban J connectivity index is 1.67. The zero-order valence-corrected chi connectivity index (χ0v) is 18.6. The number of fused-ring (bicyclic) bond motifs is 1. The van der Waals surface area contributed by atoms with Gasteiger partial charge in [0, 0.05) is 22.9 Å². The molecule has 0 fully saturated rings. The molecule has 2 atom stereocenters. The van der Waals surface area contributed by atoms with Crippen molar-refractivity contribution >= 4 is 39.1 Å². The van der Waals surface area contributed by atoms with Crippen molar-refractivity contribution in [3.63, 3.8) is 0 Å². The topological polar surface area (TPSA) is 102 Å². The first-order chi connectivity index (χ1) is 14.2. The highest BCUT2D eigenvalue weighted by Gasteiger charge is 2.27. The molecule has 0 aliphatic carbocycles. The molecule has 160 valence electrons. The average molecular weight is 449 g/mol. The Morgan fingerprint density at radius 3 is 2.73 bits per heavy atom. The molecule has 0 saturated heterocycles. The fourth-order valence-electron chi connectivity index (χ4n) is 3.09. The molecule has 2 aromatic rings. The van der Waals surface area contributed by atoms with Crippen molar-refractivity contribution in [2.24, 2.45) is 5.92 Å². The fourth-order valence-corrected chi connectivity index (χ4v) is 5.59. The second-order valence-corrected chi connectivity index (χ2v) is 10.5. The largest absolute Gasteiger partial charge is 0.496 e. The Morgan fingerprint density at radius 2 is 2.00 bits per heavy atom. The van der Waals surface area contributed by atoms with Crippen LogP contribution in [-0.2, 0) is 26.0 Å². The van der Waals surface area contributed by atoms with Crippen molar-refractivity contribution in [2.45, 2.75) is 35.4 Å². The minimum atomic E-state index is -3.71. The zero-order valence-electron chi connectivity index (χ0n) is 17.0. The van der Waals surface area contributed by atoms with Crippen LogP contribution < -0.4 is 15.4 Å². The van der Waals surface area contributed by atoms with E-state index in [4.69, 9.17) is 4.74 Å². The van der Waals surface area contributed by atoms with Gasteiger partial charge in [0.1, 0.15) is 5.75 Å². The second kappa shape index (κ2) is 9.09. The lowest BCUT2D eigenvalue weighted by Crippen LogP contribution is -2.33. The molecule has 9 heteroatoms. The van der Waals surface area contributed by atoms with Gasteiger partial charge < -0.3 is 15.4 Å². The van der Waals surface area contributed by atoms with Gasteiger partial charge in [-0.05, 0) is 31.2 Å². The molecule has 0 bridgehead atoms. The van der Waals surface area contributed by atoms with E-state index in [9.17, 15) is 18.0 Å².